The van der Waals surface area contributed by atoms with Gasteiger partial charge in [0.1, 0.15) is 5.82 Å². The molecular formula is C14H19N3O. The summed E-state index contributed by atoms with van der Waals surface area (Å²) in [5.41, 5.74) is 0. The molecule has 1 aliphatic heterocycles. The lowest BCUT2D eigenvalue weighted by atomic mass is 10.0. The Morgan fingerprint density at radius 2 is 2.22 bits per heavy atom. The number of pyridine rings is 1. The van der Waals surface area contributed by atoms with E-state index in [4.69, 9.17) is 0 Å². The minimum atomic E-state index is 0.00814. The van der Waals surface area contributed by atoms with Gasteiger partial charge in [-0.1, -0.05) is 12.1 Å². The molecule has 1 aromatic rings. The molecular weight excluding hydrogens is 226 g/mol. The first kappa shape index (κ1) is 12.6. The molecule has 96 valence electrons. The van der Waals surface area contributed by atoms with Crippen LogP contribution in [0.4, 0.5) is 5.82 Å². The van der Waals surface area contributed by atoms with Gasteiger partial charge in [0.25, 0.3) is 0 Å². The van der Waals surface area contributed by atoms with Crippen molar-refractivity contribution in [2.75, 3.05) is 18.0 Å². The molecule has 1 aliphatic rings. The van der Waals surface area contributed by atoms with Crippen molar-refractivity contribution in [1.82, 2.24) is 10.3 Å². The molecule has 1 aromatic heterocycles. The van der Waals surface area contributed by atoms with Gasteiger partial charge in [0.2, 0.25) is 5.91 Å². The number of nitrogens with one attached hydrogen (secondary N) is 1. The highest BCUT2D eigenvalue weighted by Crippen LogP contribution is 2.17. The minimum absolute atomic E-state index is 0.00814. The summed E-state index contributed by atoms with van der Waals surface area (Å²) >= 11 is 0. The summed E-state index contributed by atoms with van der Waals surface area (Å²) in [6.45, 7) is 3.73. The minimum Gasteiger partial charge on any atom is -0.356 e. The second-order valence-electron chi connectivity index (χ2n) is 4.46. The second-order valence-corrected chi connectivity index (χ2v) is 4.46. The zero-order chi connectivity index (χ0) is 12.8. The molecule has 18 heavy (non-hydrogen) atoms. The molecule has 0 aromatic carbocycles. The number of carbonyl (C=O) groups excluding carboxylic acids is 1. The molecule has 0 spiro atoms. The van der Waals surface area contributed by atoms with Gasteiger partial charge in [0.15, 0.2) is 0 Å². The molecule has 4 nitrogen and oxygen atoms in total. The highest BCUT2D eigenvalue weighted by Gasteiger charge is 2.20. The van der Waals surface area contributed by atoms with E-state index >= 15 is 0 Å². The second kappa shape index (κ2) is 6.19. The number of anilines is 1. The number of rotatable bonds is 3. The highest BCUT2D eigenvalue weighted by molar-refractivity contribution is 5.87. The van der Waals surface area contributed by atoms with Crippen LogP contribution in [0, 0.1) is 0 Å². The third-order valence-corrected chi connectivity index (χ3v) is 3.13. The van der Waals surface area contributed by atoms with E-state index in [2.05, 4.69) is 15.2 Å². The van der Waals surface area contributed by atoms with Gasteiger partial charge >= 0.3 is 0 Å². The number of hydrogen-bond donors (Lipinski definition) is 1. The van der Waals surface area contributed by atoms with E-state index in [0.29, 0.717) is 0 Å². The maximum atomic E-state index is 11.4. The Morgan fingerprint density at radius 3 is 2.83 bits per heavy atom. The molecule has 0 unspecified atom stereocenters. The number of carbonyl (C=O) groups is 1. The molecule has 0 aliphatic carbocycles. The first-order chi connectivity index (χ1) is 8.79. The van der Waals surface area contributed by atoms with Crippen molar-refractivity contribution in [2.45, 2.75) is 25.8 Å². The van der Waals surface area contributed by atoms with Gasteiger partial charge in [0.05, 0.1) is 0 Å². The summed E-state index contributed by atoms with van der Waals surface area (Å²) in [6.07, 6.45) is 7.10. The number of nitrogens with zero attached hydrogens (tertiary/aromatic N) is 2. The maximum Gasteiger partial charge on any atom is 0.243 e. The van der Waals surface area contributed by atoms with Crippen molar-refractivity contribution in [3.63, 3.8) is 0 Å². The van der Waals surface area contributed by atoms with E-state index < -0.39 is 0 Å². The van der Waals surface area contributed by atoms with Crippen molar-refractivity contribution >= 4 is 11.7 Å². The van der Waals surface area contributed by atoms with E-state index in [0.717, 1.165) is 31.7 Å². The van der Waals surface area contributed by atoms with Gasteiger partial charge in [-0.25, -0.2) is 4.98 Å². The molecule has 1 N–H and O–H groups in total. The van der Waals surface area contributed by atoms with E-state index in [9.17, 15) is 4.79 Å². The predicted octanol–water partition coefficient (Wildman–Crippen LogP) is 1.74. The molecule has 1 amide bonds. The molecule has 2 rings (SSSR count). The number of piperidine rings is 1. The van der Waals surface area contributed by atoms with E-state index in [1.54, 1.807) is 12.2 Å². The van der Waals surface area contributed by atoms with Crippen LogP contribution in [0.2, 0.25) is 0 Å². The fraction of sp³-hybridized carbons (Fsp3) is 0.429. The summed E-state index contributed by atoms with van der Waals surface area (Å²) in [5, 5.41) is 3.02. The highest BCUT2D eigenvalue weighted by atomic mass is 16.1. The number of allylic oxidation sites excluding steroid dienone is 1. The Bertz CT molecular complexity index is 408. The molecule has 0 radical (unpaired) electrons. The van der Waals surface area contributed by atoms with Crippen molar-refractivity contribution < 1.29 is 4.79 Å². The van der Waals surface area contributed by atoms with E-state index in [1.165, 1.54) is 0 Å². The summed E-state index contributed by atoms with van der Waals surface area (Å²) in [4.78, 5) is 18.0. The third kappa shape index (κ3) is 3.32. The Kier molecular flexibility index (Phi) is 4.34. The first-order valence-corrected chi connectivity index (χ1v) is 6.39. The number of aromatic nitrogens is 1. The van der Waals surface area contributed by atoms with Crippen molar-refractivity contribution in [2.24, 2.45) is 0 Å². The molecule has 2 heterocycles. The van der Waals surface area contributed by atoms with Crippen molar-refractivity contribution in [1.29, 1.82) is 0 Å². The standard InChI is InChI=1S/C14H19N3O/c1-2-5-14(18)16-12-7-10-17(11-8-12)13-6-3-4-9-15-13/h2-6,9,12H,7-8,10-11H2,1H3,(H,16,18). The van der Waals surface area contributed by atoms with E-state index in [1.807, 2.05) is 31.3 Å². The van der Waals surface area contributed by atoms with Crippen molar-refractivity contribution in [3.8, 4) is 0 Å². The number of hydrogen-bond acceptors (Lipinski definition) is 3. The van der Waals surface area contributed by atoms with Gasteiger partial charge in [0, 0.05) is 25.3 Å². The lowest BCUT2D eigenvalue weighted by molar-refractivity contribution is -0.117. The van der Waals surface area contributed by atoms with Crippen molar-refractivity contribution in [3.05, 3.63) is 36.5 Å². The normalized spacial score (nSPS) is 17.1. The zero-order valence-corrected chi connectivity index (χ0v) is 10.7. The average molecular weight is 245 g/mol. The van der Waals surface area contributed by atoms with E-state index in [-0.39, 0.29) is 11.9 Å². The Hall–Kier alpha value is -1.84. The SMILES string of the molecule is CC=CC(=O)NC1CCN(c2ccccn2)CC1. The van der Waals surface area contributed by atoms with Crippen LogP contribution in [0.3, 0.4) is 0 Å². The lowest BCUT2D eigenvalue weighted by Gasteiger charge is -2.32. The number of amides is 1. The molecule has 0 bridgehead atoms. The molecule has 0 atom stereocenters. The Morgan fingerprint density at radius 1 is 1.44 bits per heavy atom. The molecule has 4 heteroatoms. The predicted molar refractivity (Wildman–Crippen MR) is 72.4 cm³/mol. The average Bonchev–Trinajstić information content (AvgIpc) is 2.41. The van der Waals surface area contributed by atoms with Crippen LogP contribution in [0.15, 0.2) is 36.5 Å². The zero-order valence-electron chi connectivity index (χ0n) is 10.7. The van der Waals surface area contributed by atoms with Crippen LogP contribution in [-0.4, -0.2) is 30.0 Å². The topological polar surface area (TPSA) is 45.2 Å². The Balaban J connectivity index is 1.83. The first-order valence-electron chi connectivity index (χ1n) is 6.39. The molecule has 1 saturated heterocycles. The van der Waals surface area contributed by atoms with Crippen LogP contribution in [0.5, 0.6) is 0 Å². The summed E-state index contributed by atoms with van der Waals surface area (Å²) in [6, 6.07) is 6.24. The third-order valence-electron chi connectivity index (χ3n) is 3.13. The van der Waals surface area contributed by atoms with Crippen LogP contribution in [0.1, 0.15) is 19.8 Å². The largest absolute Gasteiger partial charge is 0.356 e. The van der Waals surface area contributed by atoms with Crippen LogP contribution < -0.4 is 10.2 Å². The Labute approximate surface area is 108 Å². The quantitative estimate of drug-likeness (QED) is 0.825. The van der Waals surface area contributed by atoms with Gasteiger partial charge in [-0.05, 0) is 38.0 Å². The lowest BCUT2D eigenvalue weighted by Crippen LogP contribution is -2.44. The van der Waals surface area contributed by atoms with Gasteiger partial charge in [-0.15, -0.1) is 0 Å². The van der Waals surface area contributed by atoms with Gasteiger partial charge < -0.3 is 10.2 Å². The fourth-order valence-corrected chi connectivity index (χ4v) is 2.19. The maximum absolute atomic E-state index is 11.4. The van der Waals surface area contributed by atoms with Gasteiger partial charge in [-0.2, -0.15) is 0 Å². The summed E-state index contributed by atoms with van der Waals surface area (Å²) < 4.78 is 0. The monoisotopic (exact) mass is 245 g/mol. The summed E-state index contributed by atoms with van der Waals surface area (Å²) in [5.74, 6) is 1.03. The fourth-order valence-electron chi connectivity index (χ4n) is 2.19. The van der Waals surface area contributed by atoms with Crippen LogP contribution >= 0.6 is 0 Å². The smallest absolute Gasteiger partial charge is 0.243 e. The van der Waals surface area contributed by atoms with Gasteiger partial charge in [-0.3, -0.25) is 4.79 Å². The van der Waals surface area contributed by atoms with Crippen LogP contribution in [-0.2, 0) is 4.79 Å². The molecule has 1 fully saturated rings. The summed E-state index contributed by atoms with van der Waals surface area (Å²) in [7, 11) is 0. The van der Waals surface area contributed by atoms with Crippen LogP contribution in [0.25, 0.3) is 0 Å². The molecule has 0 saturated carbocycles.